The normalized spacial score (nSPS) is 24.8. The number of halogens is 3. The average Bonchev–Trinajstić information content (AvgIpc) is 2.84. The van der Waals surface area contributed by atoms with E-state index in [4.69, 9.17) is 10.00 Å². The molecule has 0 unspecified atom stereocenters. The minimum atomic E-state index is -1.15. The van der Waals surface area contributed by atoms with Gasteiger partial charge in [0, 0.05) is 12.1 Å². The molecule has 0 bridgehead atoms. The molecule has 2 saturated carbocycles. The smallest absolute Gasteiger partial charge is 0.346 e. The fourth-order valence-electron chi connectivity index (χ4n) is 5.27. The van der Waals surface area contributed by atoms with E-state index in [1.165, 1.54) is 43.9 Å². The second kappa shape index (κ2) is 11.1. The standard InChI is InChI=1S/C29H30F3NO2/c1-18-2-4-19(5-3-18)6-7-20-8-10-21(11-9-20)22-12-13-24(26(30)14-22)29(34)35-23-15-27(31)25(17-33)28(32)16-23/h6-7,12-16,18-21H,2-5,8-11H2,1H3/b7-6+. The van der Waals surface area contributed by atoms with E-state index in [1.54, 1.807) is 6.07 Å². The summed E-state index contributed by atoms with van der Waals surface area (Å²) < 4.78 is 47.2. The summed E-state index contributed by atoms with van der Waals surface area (Å²) in [6.45, 7) is 2.33. The lowest BCUT2D eigenvalue weighted by Gasteiger charge is -2.28. The van der Waals surface area contributed by atoms with Crippen LogP contribution in [0.15, 0.2) is 42.5 Å². The zero-order valence-electron chi connectivity index (χ0n) is 19.9. The minimum Gasteiger partial charge on any atom is -0.423 e. The highest BCUT2D eigenvalue weighted by atomic mass is 19.1. The summed E-state index contributed by atoms with van der Waals surface area (Å²) in [5.74, 6) is -2.14. The van der Waals surface area contributed by atoms with Crippen molar-refractivity contribution in [2.45, 2.75) is 64.2 Å². The van der Waals surface area contributed by atoms with Crippen molar-refractivity contribution in [2.75, 3.05) is 0 Å². The number of nitriles is 1. The number of rotatable bonds is 5. The third kappa shape index (κ3) is 6.14. The summed E-state index contributed by atoms with van der Waals surface area (Å²) in [6.07, 6.45) is 14.1. The van der Waals surface area contributed by atoms with Crippen molar-refractivity contribution in [3.05, 3.63) is 76.6 Å². The van der Waals surface area contributed by atoms with Crippen molar-refractivity contribution in [1.82, 2.24) is 0 Å². The summed E-state index contributed by atoms with van der Waals surface area (Å²) in [7, 11) is 0. The molecule has 0 radical (unpaired) electrons. The molecule has 35 heavy (non-hydrogen) atoms. The first-order chi connectivity index (χ1) is 16.8. The first kappa shape index (κ1) is 25.0. The quantitative estimate of drug-likeness (QED) is 0.248. The first-order valence-electron chi connectivity index (χ1n) is 12.4. The van der Waals surface area contributed by atoms with Crippen LogP contribution in [0.1, 0.15) is 85.7 Å². The number of carbonyl (C=O) groups is 1. The van der Waals surface area contributed by atoms with Crippen molar-refractivity contribution < 1.29 is 22.7 Å². The second-order valence-electron chi connectivity index (χ2n) is 10.0. The topological polar surface area (TPSA) is 50.1 Å². The second-order valence-corrected chi connectivity index (χ2v) is 10.0. The van der Waals surface area contributed by atoms with Crippen molar-refractivity contribution >= 4 is 5.97 Å². The van der Waals surface area contributed by atoms with Crippen LogP contribution in [-0.2, 0) is 0 Å². The maximum absolute atomic E-state index is 14.8. The molecule has 2 aliphatic rings. The van der Waals surface area contributed by atoms with Gasteiger partial charge in [-0.1, -0.05) is 38.0 Å². The SMILES string of the molecule is CC1CCC(/C=C/C2CCC(c3ccc(C(=O)Oc4cc(F)c(C#N)c(F)c4)c(F)c3)CC2)CC1. The van der Waals surface area contributed by atoms with Crippen LogP contribution in [0, 0.1) is 46.5 Å². The van der Waals surface area contributed by atoms with E-state index in [0.29, 0.717) is 11.8 Å². The zero-order chi connectivity index (χ0) is 24.9. The Balaban J connectivity index is 1.34. The van der Waals surface area contributed by atoms with Gasteiger partial charge in [0.2, 0.25) is 0 Å². The summed E-state index contributed by atoms with van der Waals surface area (Å²) in [5, 5.41) is 8.73. The zero-order valence-corrected chi connectivity index (χ0v) is 19.9. The van der Waals surface area contributed by atoms with Gasteiger partial charge in [-0.25, -0.2) is 18.0 Å². The number of carbonyl (C=O) groups excluding carboxylic acids is 1. The molecule has 2 aromatic rings. The van der Waals surface area contributed by atoms with E-state index >= 15 is 0 Å². The molecule has 0 heterocycles. The number of hydrogen-bond acceptors (Lipinski definition) is 3. The Bertz CT molecular complexity index is 1110. The maximum Gasteiger partial charge on any atom is 0.346 e. The van der Waals surface area contributed by atoms with Crippen molar-refractivity contribution in [3.63, 3.8) is 0 Å². The van der Waals surface area contributed by atoms with Crippen LogP contribution < -0.4 is 4.74 Å². The van der Waals surface area contributed by atoms with Gasteiger partial charge in [0.1, 0.15) is 34.8 Å². The number of allylic oxidation sites excluding steroid dienone is 2. The molecule has 184 valence electrons. The van der Waals surface area contributed by atoms with Crippen molar-refractivity contribution in [3.8, 4) is 11.8 Å². The van der Waals surface area contributed by atoms with Gasteiger partial charge >= 0.3 is 5.97 Å². The molecule has 0 spiro atoms. The molecule has 0 atom stereocenters. The summed E-state index contributed by atoms with van der Waals surface area (Å²) in [6, 6.07) is 7.30. The molecule has 0 saturated heterocycles. The molecular formula is C29H30F3NO2. The van der Waals surface area contributed by atoms with Crippen LogP contribution in [-0.4, -0.2) is 5.97 Å². The lowest BCUT2D eigenvalue weighted by molar-refractivity contribution is 0.0729. The number of nitrogens with zero attached hydrogens (tertiary/aromatic N) is 1. The van der Waals surface area contributed by atoms with Gasteiger partial charge in [0.05, 0.1) is 5.56 Å². The third-order valence-corrected chi connectivity index (χ3v) is 7.51. The fraction of sp³-hybridized carbons (Fsp3) is 0.448. The lowest BCUT2D eigenvalue weighted by Crippen LogP contribution is -2.15. The Morgan fingerprint density at radius 3 is 2.00 bits per heavy atom. The first-order valence-corrected chi connectivity index (χ1v) is 12.4. The van der Waals surface area contributed by atoms with Crippen LogP contribution in [0.3, 0.4) is 0 Å². The molecule has 0 N–H and O–H groups in total. The molecule has 2 aliphatic carbocycles. The van der Waals surface area contributed by atoms with Gasteiger partial charge in [-0.2, -0.15) is 5.26 Å². The van der Waals surface area contributed by atoms with Gasteiger partial charge in [-0.3, -0.25) is 0 Å². The summed E-state index contributed by atoms with van der Waals surface area (Å²) in [4.78, 5) is 12.4. The predicted octanol–water partition coefficient (Wildman–Crippen LogP) is 7.85. The summed E-state index contributed by atoms with van der Waals surface area (Å²) >= 11 is 0. The summed E-state index contributed by atoms with van der Waals surface area (Å²) in [5.41, 5.74) is -0.232. The van der Waals surface area contributed by atoms with Gasteiger partial charge in [-0.15, -0.1) is 0 Å². The maximum atomic E-state index is 14.8. The van der Waals surface area contributed by atoms with Crippen LogP contribution in [0.4, 0.5) is 13.2 Å². The Hall–Kier alpha value is -3.07. The predicted molar refractivity (Wildman–Crippen MR) is 127 cm³/mol. The van der Waals surface area contributed by atoms with Gasteiger partial charge < -0.3 is 4.74 Å². The van der Waals surface area contributed by atoms with Gasteiger partial charge in [0.25, 0.3) is 0 Å². The largest absolute Gasteiger partial charge is 0.423 e. The lowest BCUT2D eigenvalue weighted by atomic mass is 9.77. The number of benzene rings is 2. The molecule has 4 rings (SSSR count). The van der Waals surface area contributed by atoms with Crippen LogP contribution in [0.5, 0.6) is 5.75 Å². The molecule has 6 heteroatoms. The molecule has 0 aromatic heterocycles. The van der Waals surface area contributed by atoms with Gasteiger partial charge in [0.15, 0.2) is 0 Å². The highest BCUT2D eigenvalue weighted by Gasteiger charge is 2.24. The van der Waals surface area contributed by atoms with E-state index < -0.39 is 34.7 Å². The third-order valence-electron chi connectivity index (χ3n) is 7.51. The number of ether oxygens (including phenoxy) is 1. The average molecular weight is 482 g/mol. The van der Waals surface area contributed by atoms with Crippen LogP contribution in [0.2, 0.25) is 0 Å². The Morgan fingerprint density at radius 1 is 0.886 bits per heavy atom. The van der Waals surface area contributed by atoms with E-state index in [1.807, 2.05) is 0 Å². The highest BCUT2D eigenvalue weighted by Crippen LogP contribution is 2.38. The minimum absolute atomic E-state index is 0.233. The Labute approximate surface area is 204 Å². The van der Waals surface area contributed by atoms with E-state index in [0.717, 1.165) is 49.3 Å². The number of hydrogen-bond donors (Lipinski definition) is 0. The van der Waals surface area contributed by atoms with E-state index in [9.17, 15) is 18.0 Å². The molecule has 0 amide bonds. The van der Waals surface area contributed by atoms with Crippen molar-refractivity contribution in [2.24, 2.45) is 17.8 Å². The molecule has 2 fully saturated rings. The van der Waals surface area contributed by atoms with Gasteiger partial charge in [-0.05, 0) is 79.9 Å². The molecular weight excluding hydrogens is 451 g/mol. The van der Waals surface area contributed by atoms with E-state index in [2.05, 4.69) is 19.1 Å². The fourth-order valence-corrected chi connectivity index (χ4v) is 5.27. The van der Waals surface area contributed by atoms with E-state index in [-0.39, 0.29) is 11.5 Å². The Kier molecular flexibility index (Phi) is 7.95. The molecule has 3 nitrogen and oxygen atoms in total. The van der Waals surface area contributed by atoms with Crippen LogP contribution >= 0.6 is 0 Å². The highest BCUT2D eigenvalue weighted by molar-refractivity contribution is 5.91. The Morgan fingerprint density at radius 2 is 1.46 bits per heavy atom. The molecule has 0 aliphatic heterocycles. The number of esters is 1. The van der Waals surface area contributed by atoms with Crippen molar-refractivity contribution in [1.29, 1.82) is 5.26 Å². The monoisotopic (exact) mass is 481 g/mol. The molecule has 2 aromatic carbocycles. The van der Waals surface area contributed by atoms with Crippen LogP contribution in [0.25, 0.3) is 0 Å².